The largest absolute Gasteiger partial charge is 0.493 e. The van der Waals surface area contributed by atoms with Gasteiger partial charge < -0.3 is 14.6 Å². The molecule has 0 amide bonds. The number of carboxylic acid groups (broad SMARTS) is 1. The van der Waals surface area contributed by atoms with Crippen LogP contribution >= 0.6 is 0 Å². The molecule has 0 aliphatic heterocycles. The maximum atomic E-state index is 10.9. The number of allylic oxidation sites excluding steroid dienone is 1. The average molecular weight is 264 g/mol. The van der Waals surface area contributed by atoms with Crippen LogP contribution in [0.1, 0.15) is 22.8 Å². The monoisotopic (exact) mass is 264 g/mol. The second kappa shape index (κ2) is 6.58. The van der Waals surface area contributed by atoms with Crippen LogP contribution in [0.5, 0.6) is 11.5 Å². The first-order valence-corrected chi connectivity index (χ1v) is 5.70. The van der Waals surface area contributed by atoms with Crippen molar-refractivity contribution < 1.29 is 24.2 Å². The Bertz CT molecular complexity index is 493. The molecule has 1 aromatic rings. The molecule has 1 N–H and O–H groups in total. The Morgan fingerprint density at radius 1 is 1.53 bits per heavy atom. The summed E-state index contributed by atoms with van der Waals surface area (Å²) < 4.78 is 10.5. The van der Waals surface area contributed by atoms with Gasteiger partial charge in [0.2, 0.25) is 0 Å². The summed E-state index contributed by atoms with van der Waals surface area (Å²) in [7, 11) is 1.43. The van der Waals surface area contributed by atoms with Gasteiger partial charge in [-0.05, 0) is 25.5 Å². The molecule has 0 saturated carbocycles. The zero-order chi connectivity index (χ0) is 14.4. The highest BCUT2D eigenvalue weighted by molar-refractivity contribution is 5.78. The SMILES string of the molecule is C=CCc1cc(C=O)cc(OC)c1OC(C)C(=O)O. The Kier molecular flexibility index (Phi) is 5.11. The zero-order valence-corrected chi connectivity index (χ0v) is 10.9. The number of carboxylic acids is 1. The highest BCUT2D eigenvalue weighted by atomic mass is 16.5. The summed E-state index contributed by atoms with van der Waals surface area (Å²) in [6, 6.07) is 3.13. The van der Waals surface area contributed by atoms with Gasteiger partial charge in [0.05, 0.1) is 7.11 Å². The lowest BCUT2D eigenvalue weighted by Gasteiger charge is -2.17. The molecule has 1 unspecified atom stereocenters. The molecular formula is C14H16O5. The second-order valence-electron chi connectivity index (χ2n) is 3.92. The first kappa shape index (κ1) is 14.8. The van der Waals surface area contributed by atoms with Gasteiger partial charge in [0.25, 0.3) is 0 Å². The van der Waals surface area contributed by atoms with Gasteiger partial charge in [-0.25, -0.2) is 4.79 Å². The minimum Gasteiger partial charge on any atom is -0.493 e. The molecule has 0 heterocycles. The van der Waals surface area contributed by atoms with E-state index in [1.165, 1.54) is 20.1 Å². The fourth-order valence-electron chi connectivity index (χ4n) is 1.57. The number of hydrogen-bond donors (Lipinski definition) is 1. The van der Waals surface area contributed by atoms with E-state index in [1.807, 2.05) is 0 Å². The summed E-state index contributed by atoms with van der Waals surface area (Å²) in [4.78, 5) is 21.7. The third-order valence-electron chi connectivity index (χ3n) is 2.52. The van der Waals surface area contributed by atoms with Crippen LogP contribution in [-0.2, 0) is 11.2 Å². The first-order valence-electron chi connectivity index (χ1n) is 5.70. The molecule has 0 aliphatic carbocycles. The normalized spacial score (nSPS) is 11.5. The maximum absolute atomic E-state index is 10.9. The highest BCUT2D eigenvalue weighted by Crippen LogP contribution is 2.34. The Labute approximate surface area is 111 Å². The molecule has 1 aromatic carbocycles. The van der Waals surface area contributed by atoms with Gasteiger partial charge in [-0.15, -0.1) is 6.58 Å². The Balaban J connectivity index is 3.27. The third kappa shape index (κ3) is 3.58. The molecule has 0 aromatic heterocycles. The number of benzene rings is 1. The van der Waals surface area contributed by atoms with Gasteiger partial charge in [0, 0.05) is 11.1 Å². The number of aliphatic carboxylic acids is 1. The van der Waals surface area contributed by atoms with Gasteiger partial charge in [-0.3, -0.25) is 4.79 Å². The topological polar surface area (TPSA) is 72.8 Å². The highest BCUT2D eigenvalue weighted by Gasteiger charge is 2.19. The maximum Gasteiger partial charge on any atom is 0.344 e. The molecule has 0 fully saturated rings. The molecule has 0 bridgehead atoms. The van der Waals surface area contributed by atoms with Crippen LogP contribution in [0.15, 0.2) is 24.8 Å². The van der Waals surface area contributed by atoms with E-state index in [2.05, 4.69) is 6.58 Å². The van der Waals surface area contributed by atoms with Gasteiger partial charge in [-0.2, -0.15) is 0 Å². The van der Waals surface area contributed by atoms with Crippen molar-refractivity contribution in [1.29, 1.82) is 0 Å². The predicted octanol–water partition coefficient (Wildman–Crippen LogP) is 2.09. The smallest absolute Gasteiger partial charge is 0.344 e. The number of carbonyl (C=O) groups excluding carboxylic acids is 1. The van der Waals surface area contributed by atoms with E-state index in [1.54, 1.807) is 12.1 Å². The zero-order valence-electron chi connectivity index (χ0n) is 10.9. The lowest BCUT2D eigenvalue weighted by Crippen LogP contribution is -2.23. The standard InChI is InChI=1S/C14H16O5/c1-4-5-11-6-10(8-15)7-12(18-3)13(11)19-9(2)14(16)17/h4,6-9H,1,5H2,2-3H3,(H,16,17). The summed E-state index contributed by atoms with van der Waals surface area (Å²) in [6.07, 6.45) is 1.76. The van der Waals surface area contributed by atoms with Crippen molar-refractivity contribution in [3.05, 3.63) is 35.9 Å². The number of carbonyl (C=O) groups is 2. The molecule has 102 valence electrons. The Hall–Kier alpha value is -2.30. The van der Waals surface area contributed by atoms with Gasteiger partial charge in [0.1, 0.15) is 6.29 Å². The van der Waals surface area contributed by atoms with E-state index < -0.39 is 12.1 Å². The van der Waals surface area contributed by atoms with Crippen molar-refractivity contribution in [3.63, 3.8) is 0 Å². The van der Waals surface area contributed by atoms with Crippen LogP contribution in [0.3, 0.4) is 0 Å². The molecule has 0 aliphatic rings. The summed E-state index contributed by atoms with van der Waals surface area (Å²) in [5.74, 6) is -0.427. The number of hydrogen-bond acceptors (Lipinski definition) is 4. The van der Waals surface area contributed by atoms with E-state index in [9.17, 15) is 9.59 Å². The molecular weight excluding hydrogens is 248 g/mol. The summed E-state index contributed by atoms with van der Waals surface area (Å²) in [6.45, 7) is 5.05. The van der Waals surface area contributed by atoms with Gasteiger partial charge >= 0.3 is 5.97 Å². The first-order chi connectivity index (χ1) is 9.03. The molecule has 0 radical (unpaired) electrons. The summed E-state index contributed by atoms with van der Waals surface area (Å²) >= 11 is 0. The minimum absolute atomic E-state index is 0.322. The second-order valence-corrected chi connectivity index (χ2v) is 3.92. The van der Waals surface area contributed by atoms with Crippen molar-refractivity contribution in [2.24, 2.45) is 0 Å². The Morgan fingerprint density at radius 2 is 2.21 bits per heavy atom. The summed E-state index contributed by atoms with van der Waals surface area (Å²) in [5.41, 5.74) is 1.09. The average Bonchev–Trinajstić information content (AvgIpc) is 2.40. The van der Waals surface area contributed by atoms with Crippen molar-refractivity contribution in [2.75, 3.05) is 7.11 Å². The lowest BCUT2D eigenvalue weighted by molar-refractivity contribution is -0.144. The van der Waals surface area contributed by atoms with Crippen LogP contribution in [0, 0.1) is 0 Å². The van der Waals surface area contributed by atoms with Crippen molar-refractivity contribution in [3.8, 4) is 11.5 Å². The molecule has 19 heavy (non-hydrogen) atoms. The quantitative estimate of drug-likeness (QED) is 0.603. The fraction of sp³-hybridized carbons (Fsp3) is 0.286. The Morgan fingerprint density at radius 3 is 2.68 bits per heavy atom. The van der Waals surface area contributed by atoms with E-state index in [0.29, 0.717) is 35.3 Å². The van der Waals surface area contributed by atoms with Crippen LogP contribution in [0.25, 0.3) is 0 Å². The fourth-order valence-corrected chi connectivity index (χ4v) is 1.57. The van der Waals surface area contributed by atoms with E-state index in [4.69, 9.17) is 14.6 Å². The van der Waals surface area contributed by atoms with Crippen LogP contribution in [-0.4, -0.2) is 30.6 Å². The molecule has 5 heteroatoms. The predicted molar refractivity (Wildman–Crippen MR) is 70.0 cm³/mol. The number of rotatable bonds is 7. The molecule has 1 rings (SSSR count). The van der Waals surface area contributed by atoms with Crippen molar-refractivity contribution in [2.45, 2.75) is 19.4 Å². The summed E-state index contributed by atoms with van der Waals surface area (Å²) in [5, 5.41) is 8.89. The van der Waals surface area contributed by atoms with E-state index >= 15 is 0 Å². The lowest BCUT2D eigenvalue weighted by atomic mass is 10.1. The van der Waals surface area contributed by atoms with Crippen molar-refractivity contribution in [1.82, 2.24) is 0 Å². The van der Waals surface area contributed by atoms with E-state index in [0.717, 1.165) is 0 Å². The third-order valence-corrected chi connectivity index (χ3v) is 2.52. The van der Waals surface area contributed by atoms with Crippen LogP contribution in [0.4, 0.5) is 0 Å². The molecule has 1 atom stereocenters. The van der Waals surface area contributed by atoms with Gasteiger partial charge in [-0.1, -0.05) is 6.08 Å². The van der Waals surface area contributed by atoms with Crippen LogP contribution in [0.2, 0.25) is 0 Å². The number of aldehydes is 1. The van der Waals surface area contributed by atoms with Crippen molar-refractivity contribution >= 4 is 12.3 Å². The van der Waals surface area contributed by atoms with E-state index in [-0.39, 0.29) is 0 Å². The number of methoxy groups -OCH3 is 1. The molecule has 0 saturated heterocycles. The minimum atomic E-state index is -1.08. The van der Waals surface area contributed by atoms with Crippen LogP contribution < -0.4 is 9.47 Å². The number of ether oxygens (including phenoxy) is 2. The molecule has 5 nitrogen and oxygen atoms in total. The molecule has 0 spiro atoms. The van der Waals surface area contributed by atoms with Gasteiger partial charge in [0.15, 0.2) is 17.6 Å².